The van der Waals surface area contributed by atoms with Crippen LogP contribution in [0.5, 0.6) is 0 Å². The second-order valence-electron chi connectivity index (χ2n) is 3.46. The third-order valence-electron chi connectivity index (χ3n) is 2.05. The molecule has 98 valence electrons. The molecule has 0 radical (unpaired) electrons. The molecule has 0 aliphatic carbocycles. The minimum Gasteiger partial charge on any atom is -0.357 e. The van der Waals surface area contributed by atoms with Crippen LogP contribution < -0.4 is 15.4 Å². The van der Waals surface area contributed by atoms with Gasteiger partial charge in [0.05, 0.1) is 0 Å². The Labute approximate surface area is 108 Å². The largest absolute Gasteiger partial charge is 0.357 e. The van der Waals surface area contributed by atoms with Crippen LogP contribution in [0, 0.1) is 0 Å². The summed E-state index contributed by atoms with van der Waals surface area (Å²) in [5.41, 5.74) is 1.20. The smallest absolute Gasteiger partial charge is 0.251 e. The highest BCUT2D eigenvalue weighted by Gasteiger charge is 2.04. The summed E-state index contributed by atoms with van der Waals surface area (Å²) in [5.74, 6) is -0.216. The zero-order chi connectivity index (χ0) is 13.4. The average molecular weight is 269 g/mol. The van der Waals surface area contributed by atoms with Crippen LogP contribution in [0.3, 0.4) is 0 Å². The van der Waals surface area contributed by atoms with Crippen molar-refractivity contribution in [2.75, 3.05) is 24.1 Å². The molecule has 0 fully saturated rings. The van der Waals surface area contributed by atoms with Crippen LogP contribution in [-0.4, -0.2) is 35.9 Å². The lowest BCUT2D eigenvalue weighted by Gasteiger charge is -2.06. The monoisotopic (exact) mass is 269 g/mol. The first kappa shape index (κ1) is 14.2. The average Bonchev–Trinajstić information content (AvgIpc) is 2.34. The van der Waals surface area contributed by atoms with Crippen molar-refractivity contribution in [3.8, 4) is 0 Å². The summed E-state index contributed by atoms with van der Waals surface area (Å²) in [7, 11) is -1.13. The normalized spacial score (nSPS) is 11.4. The van der Waals surface area contributed by atoms with Gasteiger partial charge in [0.15, 0.2) is 0 Å². The van der Waals surface area contributed by atoms with E-state index in [4.69, 9.17) is 0 Å². The van der Waals surface area contributed by atoms with Crippen molar-refractivity contribution >= 4 is 29.0 Å². The summed E-state index contributed by atoms with van der Waals surface area (Å²) in [5, 5.41) is 5.10. The molecular weight excluding hydrogens is 254 g/mol. The predicted molar refractivity (Wildman–Crippen MR) is 70.5 cm³/mol. The van der Waals surface area contributed by atoms with Crippen molar-refractivity contribution in [1.82, 2.24) is 10.6 Å². The summed E-state index contributed by atoms with van der Waals surface area (Å²) in [4.78, 5) is 21.6. The fourth-order valence-corrected chi connectivity index (χ4v) is 1.73. The zero-order valence-corrected chi connectivity index (χ0v) is 10.8. The minimum absolute atomic E-state index is 0.216. The summed E-state index contributed by atoms with van der Waals surface area (Å²) in [6.45, 7) is 0.764. The Morgan fingerprint density at radius 2 is 1.94 bits per heavy atom. The SMILES string of the molecule is CS(=O)Nc1ccc(C(=O)NCCNC=O)cc1. The molecule has 1 aromatic carbocycles. The Hall–Kier alpha value is -1.89. The van der Waals surface area contributed by atoms with Crippen molar-refractivity contribution in [1.29, 1.82) is 0 Å². The van der Waals surface area contributed by atoms with Gasteiger partial charge in [-0.15, -0.1) is 0 Å². The zero-order valence-electron chi connectivity index (χ0n) is 9.93. The van der Waals surface area contributed by atoms with Gasteiger partial charge in [-0.05, 0) is 24.3 Å². The summed E-state index contributed by atoms with van der Waals surface area (Å²) >= 11 is 0. The maximum absolute atomic E-state index is 11.6. The highest BCUT2D eigenvalue weighted by molar-refractivity contribution is 7.85. The van der Waals surface area contributed by atoms with Crippen molar-refractivity contribution < 1.29 is 13.8 Å². The van der Waals surface area contributed by atoms with E-state index < -0.39 is 11.0 Å². The quantitative estimate of drug-likeness (QED) is 0.476. The molecule has 0 spiro atoms. The molecule has 0 aliphatic rings. The van der Waals surface area contributed by atoms with Gasteiger partial charge >= 0.3 is 0 Å². The number of anilines is 1. The fraction of sp³-hybridized carbons (Fsp3) is 0.273. The lowest BCUT2D eigenvalue weighted by atomic mass is 10.2. The number of benzene rings is 1. The number of rotatable bonds is 7. The highest BCUT2D eigenvalue weighted by atomic mass is 32.2. The van der Waals surface area contributed by atoms with Crippen LogP contribution in [0.1, 0.15) is 10.4 Å². The molecular formula is C11H15N3O3S. The Balaban J connectivity index is 2.48. The van der Waals surface area contributed by atoms with E-state index in [1.807, 2.05) is 0 Å². The molecule has 2 amide bonds. The first-order valence-corrected chi connectivity index (χ1v) is 6.84. The summed E-state index contributed by atoms with van der Waals surface area (Å²) in [6.07, 6.45) is 2.11. The highest BCUT2D eigenvalue weighted by Crippen LogP contribution is 2.09. The topological polar surface area (TPSA) is 87.3 Å². The van der Waals surface area contributed by atoms with Gasteiger partial charge in [0.2, 0.25) is 6.41 Å². The molecule has 1 atom stereocenters. The number of carbonyl (C=O) groups excluding carboxylic acids is 2. The van der Waals surface area contributed by atoms with Crippen molar-refractivity contribution in [3.63, 3.8) is 0 Å². The number of hydrogen-bond donors (Lipinski definition) is 3. The van der Waals surface area contributed by atoms with E-state index in [9.17, 15) is 13.8 Å². The van der Waals surface area contributed by atoms with Gasteiger partial charge in [-0.3, -0.25) is 9.59 Å². The van der Waals surface area contributed by atoms with Gasteiger partial charge in [0.25, 0.3) is 5.91 Å². The van der Waals surface area contributed by atoms with Crippen LogP contribution in [0.4, 0.5) is 5.69 Å². The minimum atomic E-state index is -1.13. The maximum Gasteiger partial charge on any atom is 0.251 e. The van der Waals surface area contributed by atoms with Gasteiger partial charge < -0.3 is 15.4 Å². The molecule has 1 rings (SSSR count). The summed E-state index contributed by atoms with van der Waals surface area (Å²) < 4.78 is 13.6. The van der Waals surface area contributed by atoms with Crippen molar-refractivity contribution in [2.24, 2.45) is 0 Å². The van der Waals surface area contributed by atoms with Crippen LogP contribution >= 0.6 is 0 Å². The predicted octanol–water partition coefficient (Wildman–Crippen LogP) is -0.132. The molecule has 3 N–H and O–H groups in total. The van der Waals surface area contributed by atoms with Gasteiger partial charge in [0, 0.05) is 30.6 Å². The van der Waals surface area contributed by atoms with E-state index in [0.29, 0.717) is 30.8 Å². The third-order valence-corrected chi connectivity index (χ3v) is 2.57. The maximum atomic E-state index is 11.6. The molecule has 1 unspecified atom stereocenters. The van der Waals surface area contributed by atoms with Crippen molar-refractivity contribution in [2.45, 2.75) is 0 Å². The van der Waals surface area contributed by atoms with Crippen molar-refractivity contribution in [3.05, 3.63) is 29.8 Å². The summed E-state index contributed by atoms with van der Waals surface area (Å²) in [6, 6.07) is 6.63. The van der Waals surface area contributed by atoms with E-state index in [1.165, 1.54) is 6.26 Å². The van der Waals surface area contributed by atoms with E-state index in [-0.39, 0.29) is 5.91 Å². The van der Waals surface area contributed by atoms with Gasteiger partial charge in [-0.1, -0.05) is 0 Å². The molecule has 0 heterocycles. The Morgan fingerprint density at radius 3 is 2.50 bits per heavy atom. The molecule has 0 aromatic heterocycles. The number of hydrogen-bond acceptors (Lipinski definition) is 3. The van der Waals surface area contributed by atoms with E-state index in [2.05, 4.69) is 15.4 Å². The molecule has 1 aromatic rings. The lowest BCUT2D eigenvalue weighted by Crippen LogP contribution is -2.31. The van der Waals surface area contributed by atoms with E-state index >= 15 is 0 Å². The van der Waals surface area contributed by atoms with Gasteiger partial charge in [0.1, 0.15) is 11.0 Å². The number of carbonyl (C=O) groups is 2. The van der Waals surface area contributed by atoms with Gasteiger partial charge in [-0.25, -0.2) is 4.21 Å². The van der Waals surface area contributed by atoms with Crippen LogP contribution in [-0.2, 0) is 15.8 Å². The van der Waals surface area contributed by atoms with Crippen LogP contribution in [0.15, 0.2) is 24.3 Å². The first-order chi connectivity index (χ1) is 8.63. The Kier molecular flexibility index (Phi) is 5.86. The molecule has 0 aliphatic heterocycles. The van der Waals surface area contributed by atoms with E-state index in [0.717, 1.165) is 0 Å². The fourth-order valence-electron chi connectivity index (χ4n) is 1.26. The molecule has 6 nitrogen and oxygen atoms in total. The van der Waals surface area contributed by atoms with Crippen LogP contribution in [0.25, 0.3) is 0 Å². The molecule has 18 heavy (non-hydrogen) atoms. The third kappa shape index (κ3) is 4.96. The number of nitrogens with one attached hydrogen (secondary N) is 3. The van der Waals surface area contributed by atoms with Crippen LogP contribution in [0.2, 0.25) is 0 Å². The standard InChI is InChI=1S/C11H15N3O3S/c1-18(17)14-10-4-2-9(3-5-10)11(16)13-7-6-12-8-15/h2-5,8,14H,6-7H2,1H3,(H,12,15)(H,13,16). The molecule has 0 saturated heterocycles. The number of amides is 2. The lowest BCUT2D eigenvalue weighted by molar-refractivity contribution is -0.109. The molecule has 7 heteroatoms. The molecule has 0 saturated carbocycles. The second kappa shape index (κ2) is 7.44. The van der Waals surface area contributed by atoms with Gasteiger partial charge in [-0.2, -0.15) is 0 Å². The Bertz CT molecular complexity index is 434. The first-order valence-electron chi connectivity index (χ1n) is 5.29. The van der Waals surface area contributed by atoms with E-state index in [1.54, 1.807) is 24.3 Å². The molecule has 0 bridgehead atoms. The second-order valence-corrected chi connectivity index (χ2v) is 4.57. The Morgan fingerprint density at radius 1 is 1.28 bits per heavy atom.